The molecule has 0 aromatic rings. The topological polar surface area (TPSA) is 147 Å². The van der Waals surface area contributed by atoms with Crippen LogP contribution in [-0.2, 0) is 0 Å². The molecular weight excluding hydrogens is 176 g/mol. The fraction of sp³-hybridized carbons (Fsp3) is 0. The average Bonchev–Trinajstić information content (AvgIpc) is 1.25. The highest BCUT2D eigenvalue weighted by Gasteiger charge is 1.63. The number of nitrogens with two attached hydrogens (primary N) is 3. The van der Waals surface area contributed by atoms with E-state index in [-0.39, 0.29) is 19.6 Å². The minimum Gasteiger partial charge on any atom is -0.361 e. The summed E-state index contributed by atoms with van der Waals surface area (Å²) in [5, 5.41) is -0.639. The third kappa shape index (κ3) is 842. The predicted molar refractivity (Wildman–Crippen MR) is 47.7 cm³/mol. The van der Waals surface area contributed by atoms with E-state index < -0.39 is 11.3 Å². The summed E-state index contributed by atoms with van der Waals surface area (Å²) >= 11 is 3.10. The lowest BCUT2D eigenvalue weighted by molar-refractivity contribution is 0.256. The van der Waals surface area contributed by atoms with Gasteiger partial charge in [0.05, 0.1) is 0 Å². The van der Waals surface area contributed by atoms with Gasteiger partial charge in [-0.2, -0.15) is 13.5 Å². The highest BCUT2D eigenvalue weighted by molar-refractivity contribution is 7.96. The van der Waals surface area contributed by atoms with E-state index in [1.54, 1.807) is 0 Å². The van der Waals surface area contributed by atoms with Gasteiger partial charge >= 0.3 is 6.03 Å². The summed E-state index contributed by atoms with van der Waals surface area (Å²) in [6.07, 6.45) is 0. The van der Waals surface area contributed by atoms with Gasteiger partial charge in [-0.1, -0.05) is 12.6 Å². The SMILES string of the molecule is N.NC(=O)S.NC(N)=O.S. The number of hydrogen-bond acceptors (Lipinski definition) is 3. The Balaban J connectivity index is -0.0000000300. The van der Waals surface area contributed by atoms with Crippen LogP contribution in [-0.4, -0.2) is 11.3 Å². The summed E-state index contributed by atoms with van der Waals surface area (Å²) in [4.78, 5) is 18.1. The van der Waals surface area contributed by atoms with Crippen molar-refractivity contribution < 1.29 is 9.59 Å². The van der Waals surface area contributed by atoms with Crippen LogP contribution in [0.1, 0.15) is 0 Å². The van der Waals surface area contributed by atoms with Crippen LogP contribution in [0.25, 0.3) is 0 Å². The number of amides is 3. The van der Waals surface area contributed by atoms with Gasteiger partial charge in [-0.15, -0.1) is 0 Å². The zero-order chi connectivity index (χ0) is 7.15. The Morgan fingerprint density at radius 1 is 1.10 bits per heavy atom. The molecule has 0 unspecified atom stereocenters. The lowest BCUT2D eigenvalue weighted by atomic mass is 11.2. The van der Waals surface area contributed by atoms with Crippen LogP contribution >= 0.6 is 26.1 Å². The molecule has 6 nitrogen and oxygen atoms in total. The standard InChI is InChI=1S/CH4N2O.CH3NOS.H3N.H2S/c2*2-1(3)4;;/h(H4,2,3,4);(H3,2,3,4);1H3;1H2. The molecule has 64 valence electrons. The van der Waals surface area contributed by atoms with E-state index in [4.69, 9.17) is 9.59 Å². The first-order chi connectivity index (χ1) is 3.46. The summed E-state index contributed by atoms with van der Waals surface area (Å²) in [6, 6.07) is -0.833. The first kappa shape index (κ1) is 22.7. The van der Waals surface area contributed by atoms with E-state index >= 15 is 0 Å². The number of thiol groups is 1. The van der Waals surface area contributed by atoms with Crippen molar-refractivity contribution >= 4 is 37.4 Å². The zero-order valence-corrected chi connectivity index (χ0v) is 7.10. The van der Waals surface area contributed by atoms with Crippen LogP contribution in [0, 0.1) is 0 Å². The van der Waals surface area contributed by atoms with Crippen molar-refractivity contribution in [1.29, 1.82) is 0 Å². The van der Waals surface area contributed by atoms with Crippen molar-refractivity contribution in [3.63, 3.8) is 0 Å². The normalized spacial score (nSPS) is 4.90. The van der Waals surface area contributed by atoms with Crippen LogP contribution in [0.2, 0.25) is 0 Å². The largest absolute Gasteiger partial charge is 0.361 e. The van der Waals surface area contributed by atoms with Crippen molar-refractivity contribution in [2.75, 3.05) is 0 Å². The Labute approximate surface area is 70.9 Å². The van der Waals surface area contributed by atoms with Gasteiger partial charge in [-0.25, -0.2) is 4.79 Å². The maximum absolute atomic E-state index is 9.09. The summed E-state index contributed by atoms with van der Waals surface area (Å²) in [5.41, 5.74) is 12.8. The van der Waals surface area contributed by atoms with Gasteiger partial charge < -0.3 is 23.4 Å². The van der Waals surface area contributed by atoms with Gasteiger partial charge in [0, 0.05) is 0 Å². The molecule has 0 aliphatic heterocycles. The maximum Gasteiger partial charge on any atom is 0.309 e. The number of carbonyl (C=O) groups is 2. The van der Waals surface area contributed by atoms with E-state index in [2.05, 4.69) is 29.8 Å². The molecule has 3 amide bonds. The van der Waals surface area contributed by atoms with Crippen molar-refractivity contribution in [3.8, 4) is 0 Å². The Morgan fingerprint density at radius 2 is 1.10 bits per heavy atom. The summed E-state index contributed by atoms with van der Waals surface area (Å²) < 4.78 is 0. The second-order valence-electron chi connectivity index (χ2n) is 0.741. The molecule has 0 bridgehead atoms. The Morgan fingerprint density at radius 3 is 1.10 bits per heavy atom. The van der Waals surface area contributed by atoms with Crippen molar-refractivity contribution in [2.45, 2.75) is 0 Å². The molecule has 0 fully saturated rings. The third-order valence-electron chi connectivity index (χ3n) is 0. The molecule has 0 aliphatic carbocycles. The van der Waals surface area contributed by atoms with Gasteiger partial charge in [0.25, 0.3) is 5.24 Å². The predicted octanol–water partition coefficient (Wildman–Crippen LogP) is -0.707. The molecule has 0 aliphatic rings. The van der Waals surface area contributed by atoms with E-state index in [0.29, 0.717) is 0 Å². The van der Waals surface area contributed by atoms with Crippen LogP contribution in [0.5, 0.6) is 0 Å². The molecule has 0 rings (SSSR count). The van der Waals surface area contributed by atoms with E-state index in [0.717, 1.165) is 0 Å². The number of hydrogen-bond donors (Lipinski definition) is 5. The molecule has 0 aromatic heterocycles. The summed E-state index contributed by atoms with van der Waals surface area (Å²) in [7, 11) is 0. The lowest BCUT2D eigenvalue weighted by Gasteiger charge is -1.62. The van der Waals surface area contributed by atoms with E-state index in [9.17, 15) is 0 Å². The van der Waals surface area contributed by atoms with Crippen LogP contribution in [0.3, 0.4) is 0 Å². The quantitative estimate of drug-likeness (QED) is 0.320. The summed E-state index contributed by atoms with van der Waals surface area (Å²) in [5.74, 6) is 0. The van der Waals surface area contributed by atoms with Gasteiger partial charge in [0.1, 0.15) is 0 Å². The average molecular weight is 188 g/mol. The van der Waals surface area contributed by atoms with Gasteiger partial charge in [-0.05, 0) is 0 Å². The van der Waals surface area contributed by atoms with Crippen molar-refractivity contribution in [2.24, 2.45) is 17.2 Å². The lowest BCUT2D eigenvalue weighted by Crippen LogP contribution is -2.18. The van der Waals surface area contributed by atoms with Crippen molar-refractivity contribution in [3.05, 3.63) is 0 Å². The monoisotopic (exact) mass is 188 g/mol. The molecule has 0 saturated heterocycles. The van der Waals surface area contributed by atoms with Gasteiger partial charge in [0.15, 0.2) is 0 Å². The maximum atomic E-state index is 9.09. The first-order valence-electron chi connectivity index (χ1n) is 1.50. The number of primary amides is 3. The molecule has 10 heavy (non-hydrogen) atoms. The zero-order valence-electron chi connectivity index (χ0n) is 5.20. The smallest absolute Gasteiger partial charge is 0.309 e. The number of rotatable bonds is 0. The van der Waals surface area contributed by atoms with Gasteiger partial charge in [0.2, 0.25) is 0 Å². The minimum atomic E-state index is -0.833. The summed E-state index contributed by atoms with van der Waals surface area (Å²) in [6.45, 7) is 0. The van der Waals surface area contributed by atoms with Gasteiger partial charge in [-0.3, -0.25) is 4.79 Å². The Kier molecular flexibility index (Phi) is 35.9. The molecule has 0 heterocycles. The Hall–Kier alpha value is -0.600. The molecule has 0 saturated carbocycles. The fourth-order valence-corrected chi connectivity index (χ4v) is 0. The number of urea groups is 1. The molecule has 0 radical (unpaired) electrons. The second-order valence-corrected chi connectivity index (χ2v) is 1.18. The highest BCUT2D eigenvalue weighted by atomic mass is 32.1. The first-order valence-corrected chi connectivity index (χ1v) is 1.95. The second kappa shape index (κ2) is 15.8. The molecular formula is C2H12N4O2S2. The van der Waals surface area contributed by atoms with Crippen molar-refractivity contribution in [1.82, 2.24) is 6.15 Å². The van der Waals surface area contributed by atoms with Crippen LogP contribution in [0.15, 0.2) is 0 Å². The molecule has 0 spiro atoms. The van der Waals surface area contributed by atoms with Crippen LogP contribution in [0.4, 0.5) is 9.59 Å². The highest BCUT2D eigenvalue weighted by Crippen LogP contribution is 1.60. The third-order valence-corrected chi connectivity index (χ3v) is 0. The van der Waals surface area contributed by atoms with E-state index in [1.807, 2.05) is 0 Å². The van der Waals surface area contributed by atoms with E-state index in [1.165, 1.54) is 0 Å². The van der Waals surface area contributed by atoms with Crippen LogP contribution < -0.4 is 23.4 Å². The minimum absolute atomic E-state index is 0. The fourth-order valence-electron chi connectivity index (χ4n) is 0. The molecule has 9 N–H and O–H groups in total. The molecule has 0 atom stereocenters. The molecule has 0 aromatic carbocycles. The Bertz CT molecular complexity index is 77.3. The number of carbonyl (C=O) groups excluding carboxylic acids is 2. The molecule has 8 heteroatoms.